The standard InChI is InChI=1S/C21H16F6N2O/c1-11-18(13-4-8-15(9-5-13)21(25,26)27)19-28-16(10-17(30)29(11)19)12-2-6-14(7-3-12)20(22,23)24/h2-9,11,18-19H,10H2,1H3. The first-order valence-corrected chi connectivity index (χ1v) is 9.19. The van der Waals surface area contributed by atoms with Crippen LogP contribution in [0.3, 0.4) is 0 Å². The van der Waals surface area contributed by atoms with Crippen LogP contribution in [0.4, 0.5) is 26.3 Å². The Hall–Kier alpha value is -2.84. The quantitative estimate of drug-likeness (QED) is 0.604. The van der Waals surface area contributed by atoms with Crippen molar-refractivity contribution in [2.45, 2.75) is 43.8 Å². The molecule has 0 radical (unpaired) electrons. The molecule has 158 valence electrons. The molecule has 1 amide bonds. The minimum absolute atomic E-state index is 0.0358. The van der Waals surface area contributed by atoms with E-state index in [-0.39, 0.29) is 24.3 Å². The molecular weight excluding hydrogens is 410 g/mol. The number of benzene rings is 2. The van der Waals surface area contributed by atoms with Crippen molar-refractivity contribution in [2.24, 2.45) is 4.99 Å². The van der Waals surface area contributed by atoms with Gasteiger partial charge < -0.3 is 4.90 Å². The normalized spacial score (nSPS) is 24.2. The largest absolute Gasteiger partial charge is 0.416 e. The summed E-state index contributed by atoms with van der Waals surface area (Å²) >= 11 is 0. The molecule has 3 atom stereocenters. The van der Waals surface area contributed by atoms with Crippen LogP contribution < -0.4 is 0 Å². The second-order valence-electron chi connectivity index (χ2n) is 7.43. The zero-order valence-corrected chi connectivity index (χ0v) is 15.6. The number of fused-ring (bicyclic) bond motifs is 1. The number of amides is 1. The molecular formula is C21H16F6N2O. The molecule has 4 rings (SSSR count). The number of hydrogen-bond acceptors (Lipinski definition) is 2. The fourth-order valence-corrected chi connectivity index (χ4v) is 4.06. The topological polar surface area (TPSA) is 32.7 Å². The second kappa shape index (κ2) is 6.85. The second-order valence-corrected chi connectivity index (χ2v) is 7.43. The van der Waals surface area contributed by atoms with Crippen molar-refractivity contribution in [1.82, 2.24) is 4.90 Å². The van der Waals surface area contributed by atoms with E-state index in [0.29, 0.717) is 16.8 Å². The van der Waals surface area contributed by atoms with Gasteiger partial charge in [0.1, 0.15) is 6.17 Å². The lowest BCUT2D eigenvalue weighted by atomic mass is 9.78. The first-order chi connectivity index (χ1) is 14.0. The number of alkyl halides is 6. The summed E-state index contributed by atoms with van der Waals surface area (Å²) < 4.78 is 76.7. The maximum atomic E-state index is 12.8. The van der Waals surface area contributed by atoms with Crippen LogP contribution in [0.5, 0.6) is 0 Å². The van der Waals surface area contributed by atoms with Crippen molar-refractivity contribution < 1.29 is 31.1 Å². The maximum absolute atomic E-state index is 12.8. The van der Waals surface area contributed by atoms with E-state index >= 15 is 0 Å². The number of carbonyl (C=O) groups excluding carboxylic acids is 1. The van der Waals surface area contributed by atoms with Crippen LogP contribution in [0, 0.1) is 0 Å². The Morgan fingerprint density at radius 2 is 1.37 bits per heavy atom. The van der Waals surface area contributed by atoms with E-state index in [1.54, 1.807) is 11.8 Å². The summed E-state index contributed by atoms with van der Waals surface area (Å²) in [5.74, 6) is -0.499. The van der Waals surface area contributed by atoms with E-state index in [9.17, 15) is 31.1 Å². The van der Waals surface area contributed by atoms with Crippen molar-refractivity contribution in [3.05, 3.63) is 70.8 Å². The Morgan fingerprint density at radius 3 is 1.87 bits per heavy atom. The third-order valence-electron chi connectivity index (χ3n) is 5.63. The van der Waals surface area contributed by atoms with Crippen LogP contribution in [0.25, 0.3) is 0 Å². The molecule has 3 nitrogen and oxygen atoms in total. The van der Waals surface area contributed by atoms with Crippen LogP contribution >= 0.6 is 0 Å². The molecule has 9 heteroatoms. The van der Waals surface area contributed by atoms with E-state index in [2.05, 4.69) is 4.99 Å². The summed E-state index contributed by atoms with van der Waals surface area (Å²) in [6.07, 6.45) is -9.53. The number of carbonyl (C=O) groups is 1. The van der Waals surface area contributed by atoms with E-state index < -0.39 is 29.6 Å². The first kappa shape index (κ1) is 20.4. The molecule has 3 unspecified atom stereocenters. The van der Waals surface area contributed by atoms with Gasteiger partial charge in [0.25, 0.3) is 0 Å². The van der Waals surface area contributed by atoms with E-state index in [1.807, 2.05) is 0 Å². The van der Waals surface area contributed by atoms with Gasteiger partial charge in [0.05, 0.1) is 23.3 Å². The Kier molecular flexibility index (Phi) is 4.67. The third kappa shape index (κ3) is 3.46. The highest BCUT2D eigenvalue weighted by Gasteiger charge is 2.51. The van der Waals surface area contributed by atoms with Crippen LogP contribution in [0.2, 0.25) is 0 Å². The molecule has 2 heterocycles. The minimum Gasteiger partial charge on any atom is -0.316 e. The van der Waals surface area contributed by atoms with Crippen LogP contribution in [0.1, 0.15) is 41.5 Å². The van der Waals surface area contributed by atoms with Crippen molar-refractivity contribution in [2.75, 3.05) is 0 Å². The fraction of sp³-hybridized carbons (Fsp3) is 0.333. The molecule has 2 aromatic carbocycles. The van der Waals surface area contributed by atoms with Crippen LogP contribution in [0.15, 0.2) is 53.5 Å². The molecule has 0 spiro atoms. The lowest BCUT2D eigenvalue weighted by Gasteiger charge is -2.54. The average molecular weight is 426 g/mol. The van der Waals surface area contributed by atoms with E-state index in [0.717, 1.165) is 24.3 Å². The van der Waals surface area contributed by atoms with Gasteiger partial charge >= 0.3 is 12.4 Å². The van der Waals surface area contributed by atoms with Crippen LogP contribution in [-0.4, -0.2) is 28.7 Å². The van der Waals surface area contributed by atoms with Gasteiger partial charge in [0.15, 0.2) is 0 Å². The molecule has 0 aliphatic carbocycles. The Bertz CT molecular complexity index is 992. The van der Waals surface area contributed by atoms with Gasteiger partial charge in [-0.1, -0.05) is 24.3 Å². The Morgan fingerprint density at radius 1 is 0.867 bits per heavy atom. The molecule has 0 saturated carbocycles. The first-order valence-electron chi connectivity index (χ1n) is 9.19. The van der Waals surface area contributed by atoms with Gasteiger partial charge in [-0.05, 0) is 42.3 Å². The Labute approximate surface area is 168 Å². The highest BCUT2D eigenvalue weighted by Crippen LogP contribution is 2.44. The minimum atomic E-state index is -4.46. The molecule has 0 N–H and O–H groups in total. The fourth-order valence-electron chi connectivity index (χ4n) is 4.06. The molecule has 0 bridgehead atoms. The van der Waals surface area contributed by atoms with Crippen LogP contribution in [-0.2, 0) is 17.1 Å². The summed E-state index contributed by atoms with van der Waals surface area (Å²) in [4.78, 5) is 18.7. The van der Waals surface area contributed by atoms with E-state index in [4.69, 9.17) is 0 Å². The van der Waals surface area contributed by atoms with Gasteiger partial charge in [-0.2, -0.15) is 26.3 Å². The number of halogens is 6. The number of rotatable bonds is 2. The molecule has 0 aromatic heterocycles. The zero-order chi connectivity index (χ0) is 21.8. The molecule has 1 saturated heterocycles. The predicted octanol–water partition coefficient (Wildman–Crippen LogP) is 5.26. The molecule has 2 aromatic rings. The van der Waals surface area contributed by atoms with Gasteiger partial charge in [-0.25, -0.2) is 0 Å². The lowest BCUT2D eigenvalue weighted by molar-refractivity contribution is -0.146. The highest BCUT2D eigenvalue weighted by atomic mass is 19.4. The average Bonchev–Trinajstić information content (AvgIpc) is 2.66. The number of hydrogen-bond donors (Lipinski definition) is 0. The van der Waals surface area contributed by atoms with E-state index in [1.165, 1.54) is 24.3 Å². The van der Waals surface area contributed by atoms with Gasteiger partial charge in [-0.15, -0.1) is 0 Å². The van der Waals surface area contributed by atoms with Crippen molar-refractivity contribution in [3.8, 4) is 0 Å². The van der Waals surface area contributed by atoms with Gasteiger partial charge in [0.2, 0.25) is 5.91 Å². The summed E-state index contributed by atoms with van der Waals surface area (Å²) in [6.45, 7) is 1.80. The number of aliphatic imine (C=N–C) groups is 1. The molecule has 2 aliphatic rings. The van der Waals surface area contributed by atoms with Crippen molar-refractivity contribution in [3.63, 3.8) is 0 Å². The monoisotopic (exact) mass is 426 g/mol. The SMILES string of the molecule is CC1C(c2ccc(C(F)(F)F)cc2)C2N=C(c3ccc(C(F)(F)F)cc3)CC(=O)N12. The van der Waals surface area contributed by atoms with Gasteiger partial charge in [-0.3, -0.25) is 9.79 Å². The maximum Gasteiger partial charge on any atom is 0.416 e. The van der Waals surface area contributed by atoms with Crippen molar-refractivity contribution >= 4 is 11.6 Å². The lowest BCUT2D eigenvalue weighted by Crippen LogP contribution is -2.64. The smallest absolute Gasteiger partial charge is 0.316 e. The highest BCUT2D eigenvalue weighted by molar-refractivity contribution is 6.12. The summed E-state index contributed by atoms with van der Waals surface area (Å²) in [6, 6.07) is 8.95. The number of nitrogens with zero attached hydrogens (tertiary/aromatic N) is 2. The van der Waals surface area contributed by atoms with Gasteiger partial charge in [0, 0.05) is 12.0 Å². The molecule has 30 heavy (non-hydrogen) atoms. The van der Waals surface area contributed by atoms with Crippen molar-refractivity contribution in [1.29, 1.82) is 0 Å². The zero-order valence-electron chi connectivity index (χ0n) is 15.6. The molecule has 1 fully saturated rings. The Balaban J connectivity index is 1.62. The predicted molar refractivity (Wildman–Crippen MR) is 96.9 cm³/mol. The summed E-state index contributed by atoms with van der Waals surface area (Å²) in [5.41, 5.74) is -0.137. The molecule has 2 aliphatic heterocycles. The third-order valence-corrected chi connectivity index (χ3v) is 5.63. The summed E-state index contributed by atoms with van der Waals surface area (Å²) in [7, 11) is 0. The summed E-state index contributed by atoms with van der Waals surface area (Å²) in [5, 5.41) is 0.